The van der Waals surface area contributed by atoms with Crippen LogP contribution in [0.2, 0.25) is 0 Å². The first-order valence-corrected chi connectivity index (χ1v) is 8.16. The van der Waals surface area contributed by atoms with Crippen LogP contribution in [0.3, 0.4) is 0 Å². The molecular formula is C19H29N3O2. The van der Waals surface area contributed by atoms with E-state index in [2.05, 4.69) is 55.4 Å². The Hall–Kier alpha value is -2.01. The molecule has 0 bridgehead atoms. The fraction of sp³-hybridized carbons (Fsp3) is 0.526. The van der Waals surface area contributed by atoms with Gasteiger partial charge in [-0.2, -0.15) is 0 Å². The van der Waals surface area contributed by atoms with Gasteiger partial charge in [0.15, 0.2) is 11.5 Å². The topological polar surface area (TPSA) is 39.5 Å². The average Bonchev–Trinajstić information content (AvgIpc) is 2.91. The number of methoxy groups -OCH3 is 2. The van der Waals surface area contributed by atoms with Crippen LogP contribution in [0.4, 0.5) is 0 Å². The molecule has 1 aromatic heterocycles. The molecule has 2 aromatic rings. The van der Waals surface area contributed by atoms with Gasteiger partial charge in [0, 0.05) is 25.5 Å². The molecule has 0 amide bonds. The second-order valence-corrected chi connectivity index (χ2v) is 7.33. The van der Waals surface area contributed by atoms with Crippen LogP contribution in [0.15, 0.2) is 24.5 Å². The largest absolute Gasteiger partial charge is 0.493 e. The molecule has 1 heterocycles. The second-order valence-electron chi connectivity index (χ2n) is 7.33. The number of hydrogen-bond acceptors (Lipinski definition) is 4. The van der Waals surface area contributed by atoms with Crippen molar-refractivity contribution in [3.05, 3.63) is 30.1 Å². The molecule has 132 valence electrons. The number of imidazole rings is 1. The van der Waals surface area contributed by atoms with Gasteiger partial charge in [-0.05, 0) is 44.1 Å². The fourth-order valence-electron chi connectivity index (χ4n) is 3.32. The van der Waals surface area contributed by atoms with E-state index >= 15 is 0 Å². The van der Waals surface area contributed by atoms with Crippen LogP contribution in [0, 0.1) is 12.3 Å². The lowest BCUT2D eigenvalue weighted by Gasteiger charge is -2.29. The monoisotopic (exact) mass is 331 g/mol. The zero-order valence-electron chi connectivity index (χ0n) is 15.9. The SMILES string of the molecule is COc1cc(C)cc(-c2nccn2CC(C)(C)CN(C)C)c1OC. The van der Waals surface area contributed by atoms with E-state index in [9.17, 15) is 0 Å². The van der Waals surface area contributed by atoms with Gasteiger partial charge in [0.1, 0.15) is 5.82 Å². The zero-order valence-corrected chi connectivity index (χ0v) is 15.9. The van der Waals surface area contributed by atoms with E-state index in [0.29, 0.717) is 0 Å². The van der Waals surface area contributed by atoms with Crippen LogP contribution < -0.4 is 9.47 Å². The lowest BCUT2D eigenvalue weighted by atomic mass is 9.92. The van der Waals surface area contributed by atoms with Crippen molar-refractivity contribution in [2.45, 2.75) is 27.3 Å². The first-order chi connectivity index (χ1) is 11.3. The lowest BCUT2D eigenvalue weighted by molar-refractivity contribution is 0.212. The minimum atomic E-state index is 0.125. The third-order valence-corrected chi connectivity index (χ3v) is 3.92. The van der Waals surface area contributed by atoms with Gasteiger partial charge in [-0.1, -0.05) is 13.8 Å². The Labute approximate surface area is 145 Å². The number of benzene rings is 1. The van der Waals surface area contributed by atoms with Crippen LogP contribution >= 0.6 is 0 Å². The zero-order chi connectivity index (χ0) is 17.9. The standard InChI is InChI=1S/C19H29N3O2/c1-14-10-15(17(24-7)16(11-14)23-6)18-20-8-9-22(18)13-19(2,3)12-21(4)5/h8-11H,12-13H2,1-7H3. The van der Waals surface area contributed by atoms with Gasteiger partial charge in [-0.25, -0.2) is 4.98 Å². The smallest absolute Gasteiger partial charge is 0.171 e. The van der Waals surface area contributed by atoms with Gasteiger partial charge in [0.05, 0.1) is 19.8 Å². The van der Waals surface area contributed by atoms with E-state index < -0.39 is 0 Å². The average molecular weight is 331 g/mol. The Balaban J connectivity index is 2.46. The predicted molar refractivity (Wildman–Crippen MR) is 97.8 cm³/mol. The molecule has 2 rings (SSSR count). The summed E-state index contributed by atoms with van der Waals surface area (Å²) >= 11 is 0. The fourth-order valence-corrected chi connectivity index (χ4v) is 3.32. The Morgan fingerprint density at radius 3 is 2.46 bits per heavy atom. The molecule has 0 aliphatic rings. The Bertz CT molecular complexity index is 690. The summed E-state index contributed by atoms with van der Waals surface area (Å²) < 4.78 is 13.3. The summed E-state index contributed by atoms with van der Waals surface area (Å²) in [6.45, 7) is 8.46. The van der Waals surface area contributed by atoms with Crippen LogP contribution in [0.5, 0.6) is 11.5 Å². The van der Waals surface area contributed by atoms with Crippen LogP contribution in [0.1, 0.15) is 19.4 Å². The maximum Gasteiger partial charge on any atom is 0.171 e. The first kappa shape index (κ1) is 18.3. The lowest BCUT2D eigenvalue weighted by Crippen LogP contribution is -2.32. The number of hydrogen-bond donors (Lipinski definition) is 0. The molecule has 0 saturated heterocycles. The molecule has 0 radical (unpaired) electrons. The van der Waals surface area contributed by atoms with E-state index in [0.717, 1.165) is 41.5 Å². The Kier molecular flexibility index (Phi) is 5.54. The summed E-state index contributed by atoms with van der Waals surface area (Å²) in [5.41, 5.74) is 2.20. The van der Waals surface area contributed by atoms with Crippen molar-refractivity contribution >= 4 is 0 Å². The van der Waals surface area contributed by atoms with Gasteiger partial charge < -0.3 is 18.9 Å². The highest BCUT2D eigenvalue weighted by Gasteiger charge is 2.23. The number of ether oxygens (including phenoxy) is 2. The van der Waals surface area contributed by atoms with Crippen molar-refractivity contribution in [1.82, 2.24) is 14.5 Å². The van der Waals surface area contributed by atoms with E-state index in [1.807, 2.05) is 18.5 Å². The van der Waals surface area contributed by atoms with E-state index in [-0.39, 0.29) is 5.41 Å². The summed E-state index contributed by atoms with van der Waals surface area (Å²) in [5, 5.41) is 0. The number of aromatic nitrogens is 2. The van der Waals surface area contributed by atoms with Crippen LogP contribution in [-0.4, -0.2) is 49.3 Å². The van der Waals surface area contributed by atoms with Gasteiger partial charge in [-0.3, -0.25) is 0 Å². The second kappa shape index (κ2) is 7.26. The summed E-state index contributed by atoms with van der Waals surface area (Å²) in [5.74, 6) is 2.36. The molecule has 0 spiro atoms. The van der Waals surface area contributed by atoms with Gasteiger partial charge in [-0.15, -0.1) is 0 Å². The highest BCUT2D eigenvalue weighted by molar-refractivity contribution is 5.70. The van der Waals surface area contributed by atoms with Crippen molar-refractivity contribution < 1.29 is 9.47 Å². The number of aryl methyl sites for hydroxylation is 1. The van der Waals surface area contributed by atoms with Gasteiger partial charge in [0.2, 0.25) is 0 Å². The summed E-state index contributed by atoms with van der Waals surface area (Å²) in [4.78, 5) is 6.80. The molecule has 0 aliphatic carbocycles. The molecule has 1 aromatic carbocycles. The Morgan fingerprint density at radius 2 is 1.88 bits per heavy atom. The summed E-state index contributed by atoms with van der Waals surface area (Å²) in [6, 6.07) is 4.07. The van der Waals surface area contributed by atoms with Crippen molar-refractivity contribution in [2.24, 2.45) is 5.41 Å². The van der Waals surface area contributed by atoms with Crippen molar-refractivity contribution in [3.63, 3.8) is 0 Å². The summed E-state index contributed by atoms with van der Waals surface area (Å²) in [7, 11) is 7.53. The first-order valence-electron chi connectivity index (χ1n) is 8.16. The quantitative estimate of drug-likeness (QED) is 0.779. The molecular weight excluding hydrogens is 302 g/mol. The van der Waals surface area contributed by atoms with Crippen molar-refractivity contribution in [1.29, 1.82) is 0 Å². The maximum atomic E-state index is 5.61. The molecule has 0 saturated carbocycles. The highest BCUT2D eigenvalue weighted by atomic mass is 16.5. The van der Waals surface area contributed by atoms with E-state index in [1.165, 1.54) is 0 Å². The van der Waals surface area contributed by atoms with Gasteiger partial charge in [0.25, 0.3) is 0 Å². The molecule has 0 aliphatic heterocycles. The highest BCUT2D eigenvalue weighted by Crippen LogP contribution is 2.39. The van der Waals surface area contributed by atoms with E-state index in [1.54, 1.807) is 14.2 Å². The normalized spacial score (nSPS) is 11.8. The molecule has 24 heavy (non-hydrogen) atoms. The molecule has 0 fully saturated rings. The third kappa shape index (κ3) is 4.09. The Morgan fingerprint density at radius 1 is 1.17 bits per heavy atom. The maximum absolute atomic E-state index is 5.61. The minimum absolute atomic E-state index is 0.125. The number of nitrogens with zero attached hydrogens (tertiary/aromatic N) is 3. The molecule has 5 nitrogen and oxygen atoms in total. The van der Waals surface area contributed by atoms with Crippen LogP contribution in [0.25, 0.3) is 11.4 Å². The number of rotatable bonds is 7. The summed E-state index contributed by atoms with van der Waals surface area (Å²) in [6.07, 6.45) is 3.87. The van der Waals surface area contributed by atoms with Gasteiger partial charge >= 0.3 is 0 Å². The predicted octanol–water partition coefficient (Wildman–Crippen LogP) is 3.46. The third-order valence-electron chi connectivity index (χ3n) is 3.92. The van der Waals surface area contributed by atoms with E-state index in [4.69, 9.17) is 9.47 Å². The molecule has 5 heteroatoms. The molecule has 0 N–H and O–H groups in total. The van der Waals surface area contributed by atoms with Crippen molar-refractivity contribution in [2.75, 3.05) is 34.9 Å². The molecule has 0 unspecified atom stereocenters. The molecule has 0 atom stereocenters. The van der Waals surface area contributed by atoms with Crippen LogP contribution in [-0.2, 0) is 6.54 Å². The van der Waals surface area contributed by atoms with Crippen molar-refractivity contribution in [3.8, 4) is 22.9 Å². The minimum Gasteiger partial charge on any atom is -0.493 e.